The Morgan fingerprint density at radius 2 is 2.27 bits per heavy atom. The zero-order chi connectivity index (χ0) is 8.27. The normalized spacial score (nSPS) is 9.73. The fourth-order valence-electron chi connectivity index (χ4n) is 0.696. The van der Waals surface area contributed by atoms with Gasteiger partial charge in [0.15, 0.2) is 0 Å². The van der Waals surface area contributed by atoms with Crippen LogP contribution in [0, 0.1) is 6.92 Å². The quantitative estimate of drug-likeness (QED) is 0.639. The molecule has 0 aromatic carbocycles. The average Bonchev–Trinajstić information content (AvgIpc) is 1.99. The number of rotatable bonds is 2. The van der Waals surface area contributed by atoms with E-state index in [-0.39, 0.29) is 0 Å². The lowest BCUT2D eigenvalue weighted by Crippen LogP contribution is -1.97. The summed E-state index contributed by atoms with van der Waals surface area (Å²) in [6, 6.07) is 0. The monoisotopic (exact) mass is 172 g/mol. The maximum absolute atomic E-state index is 5.72. The van der Waals surface area contributed by atoms with Gasteiger partial charge < -0.3 is 4.74 Å². The van der Waals surface area contributed by atoms with Gasteiger partial charge in [-0.3, -0.25) is 0 Å². The second-order valence-electron chi connectivity index (χ2n) is 2.03. The second kappa shape index (κ2) is 3.53. The SMILES string of the molecule is CCOc1ncnc(Cl)c1C. The van der Waals surface area contributed by atoms with Crippen molar-refractivity contribution in [2.24, 2.45) is 0 Å². The molecule has 0 N–H and O–H groups in total. The number of ether oxygens (including phenoxy) is 1. The Labute approximate surface area is 70.4 Å². The molecule has 0 unspecified atom stereocenters. The third-order valence-corrected chi connectivity index (χ3v) is 1.64. The average molecular weight is 173 g/mol. The molecule has 0 fully saturated rings. The van der Waals surface area contributed by atoms with Gasteiger partial charge in [0.2, 0.25) is 5.88 Å². The Morgan fingerprint density at radius 3 is 2.91 bits per heavy atom. The highest BCUT2D eigenvalue weighted by molar-refractivity contribution is 6.30. The molecular formula is C7H9ClN2O. The first kappa shape index (κ1) is 8.27. The third-order valence-electron chi connectivity index (χ3n) is 1.26. The predicted octanol–water partition coefficient (Wildman–Crippen LogP) is 1.84. The van der Waals surface area contributed by atoms with Crippen LogP contribution in [-0.4, -0.2) is 16.6 Å². The van der Waals surface area contributed by atoms with Crippen molar-refractivity contribution in [2.45, 2.75) is 13.8 Å². The van der Waals surface area contributed by atoms with Crippen molar-refractivity contribution in [2.75, 3.05) is 6.61 Å². The van der Waals surface area contributed by atoms with Gasteiger partial charge in [0, 0.05) is 5.56 Å². The molecule has 0 bridgehead atoms. The number of aromatic nitrogens is 2. The van der Waals surface area contributed by atoms with Crippen molar-refractivity contribution in [3.8, 4) is 5.88 Å². The van der Waals surface area contributed by atoms with Crippen LogP contribution in [0.15, 0.2) is 6.33 Å². The predicted molar refractivity (Wildman–Crippen MR) is 42.9 cm³/mol. The first-order valence-electron chi connectivity index (χ1n) is 3.35. The molecule has 1 heterocycles. The Morgan fingerprint density at radius 1 is 1.55 bits per heavy atom. The molecule has 3 nitrogen and oxygen atoms in total. The van der Waals surface area contributed by atoms with Crippen LogP contribution in [0.4, 0.5) is 0 Å². The molecule has 0 saturated carbocycles. The second-order valence-corrected chi connectivity index (χ2v) is 2.39. The van der Waals surface area contributed by atoms with Crippen molar-refractivity contribution in [3.63, 3.8) is 0 Å². The van der Waals surface area contributed by atoms with Crippen molar-refractivity contribution in [1.29, 1.82) is 0 Å². The Bertz CT molecular complexity index is 252. The topological polar surface area (TPSA) is 35.0 Å². The van der Waals surface area contributed by atoms with E-state index >= 15 is 0 Å². The zero-order valence-corrected chi connectivity index (χ0v) is 7.22. The standard InChI is InChI=1S/C7H9ClN2O/c1-3-11-7-5(2)6(8)9-4-10-7/h4H,3H2,1-2H3. The third kappa shape index (κ3) is 1.80. The van der Waals surface area contributed by atoms with Crippen LogP contribution in [0.5, 0.6) is 5.88 Å². The Balaban J connectivity index is 2.96. The van der Waals surface area contributed by atoms with Gasteiger partial charge in [0.1, 0.15) is 11.5 Å². The van der Waals surface area contributed by atoms with Crippen LogP contribution in [-0.2, 0) is 0 Å². The molecular weight excluding hydrogens is 164 g/mol. The maximum Gasteiger partial charge on any atom is 0.220 e. The largest absolute Gasteiger partial charge is 0.478 e. The van der Waals surface area contributed by atoms with Crippen molar-refractivity contribution >= 4 is 11.6 Å². The summed E-state index contributed by atoms with van der Waals surface area (Å²) in [6.07, 6.45) is 1.39. The molecule has 0 aliphatic rings. The van der Waals surface area contributed by atoms with Crippen LogP contribution in [0.3, 0.4) is 0 Å². The lowest BCUT2D eigenvalue weighted by molar-refractivity contribution is 0.323. The van der Waals surface area contributed by atoms with E-state index in [0.29, 0.717) is 17.6 Å². The van der Waals surface area contributed by atoms with E-state index in [4.69, 9.17) is 16.3 Å². The summed E-state index contributed by atoms with van der Waals surface area (Å²) in [5, 5.41) is 0.448. The molecule has 1 aromatic rings. The van der Waals surface area contributed by atoms with Crippen LogP contribution in [0.25, 0.3) is 0 Å². The summed E-state index contributed by atoms with van der Waals surface area (Å²) in [7, 11) is 0. The van der Waals surface area contributed by atoms with E-state index in [1.54, 1.807) is 0 Å². The number of nitrogens with zero attached hydrogens (tertiary/aromatic N) is 2. The van der Waals surface area contributed by atoms with Crippen LogP contribution in [0.2, 0.25) is 5.15 Å². The van der Waals surface area contributed by atoms with E-state index in [0.717, 1.165) is 5.56 Å². The lowest BCUT2D eigenvalue weighted by atomic mass is 10.4. The molecule has 0 spiro atoms. The number of hydrogen-bond acceptors (Lipinski definition) is 3. The zero-order valence-electron chi connectivity index (χ0n) is 6.47. The minimum absolute atomic E-state index is 0.448. The molecule has 1 aromatic heterocycles. The van der Waals surface area contributed by atoms with Gasteiger partial charge in [-0.25, -0.2) is 9.97 Å². The lowest BCUT2D eigenvalue weighted by Gasteiger charge is -2.04. The molecule has 0 saturated heterocycles. The van der Waals surface area contributed by atoms with Gasteiger partial charge in [-0.2, -0.15) is 0 Å². The van der Waals surface area contributed by atoms with Crippen LogP contribution < -0.4 is 4.74 Å². The first-order valence-corrected chi connectivity index (χ1v) is 3.73. The highest BCUT2D eigenvalue weighted by Gasteiger charge is 2.03. The summed E-state index contributed by atoms with van der Waals surface area (Å²) in [5.74, 6) is 0.563. The summed E-state index contributed by atoms with van der Waals surface area (Å²) in [4.78, 5) is 7.71. The smallest absolute Gasteiger partial charge is 0.220 e. The van der Waals surface area contributed by atoms with Crippen molar-refractivity contribution in [1.82, 2.24) is 9.97 Å². The fraction of sp³-hybridized carbons (Fsp3) is 0.429. The highest BCUT2D eigenvalue weighted by atomic mass is 35.5. The summed E-state index contributed by atoms with van der Waals surface area (Å²) < 4.78 is 5.18. The maximum atomic E-state index is 5.72. The van der Waals surface area contributed by atoms with Crippen molar-refractivity contribution < 1.29 is 4.74 Å². The summed E-state index contributed by atoms with van der Waals surface area (Å²) in [6.45, 7) is 4.32. The van der Waals surface area contributed by atoms with Crippen molar-refractivity contribution in [3.05, 3.63) is 17.0 Å². The van der Waals surface area contributed by atoms with E-state index in [1.165, 1.54) is 6.33 Å². The minimum atomic E-state index is 0.448. The number of hydrogen-bond donors (Lipinski definition) is 0. The Hall–Kier alpha value is -0.830. The molecule has 1 rings (SSSR count). The van der Waals surface area contributed by atoms with Crippen LogP contribution >= 0.6 is 11.6 Å². The van der Waals surface area contributed by atoms with Gasteiger partial charge in [-0.1, -0.05) is 11.6 Å². The van der Waals surface area contributed by atoms with Gasteiger partial charge in [0.05, 0.1) is 6.61 Å². The highest BCUT2D eigenvalue weighted by Crippen LogP contribution is 2.19. The first-order chi connectivity index (χ1) is 5.25. The van der Waals surface area contributed by atoms with E-state index in [9.17, 15) is 0 Å². The molecule has 4 heteroatoms. The van der Waals surface area contributed by atoms with E-state index < -0.39 is 0 Å². The molecule has 60 valence electrons. The fourth-order valence-corrected chi connectivity index (χ4v) is 0.821. The van der Waals surface area contributed by atoms with Gasteiger partial charge in [-0.05, 0) is 13.8 Å². The molecule has 0 atom stereocenters. The molecule has 0 aliphatic carbocycles. The molecule has 0 radical (unpaired) electrons. The van der Waals surface area contributed by atoms with Gasteiger partial charge in [0.25, 0.3) is 0 Å². The number of halogens is 1. The van der Waals surface area contributed by atoms with Gasteiger partial charge in [-0.15, -0.1) is 0 Å². The Kier molecular flexibility index (Phi) is 2.65. The van der Waals surface area contributed by atoms with E-state index in [2.05, 4.69) is 9.97 Å². The minimum Gasteiger partial charge on any atom is -0.478 e. The van der Waals surface area contributed by atoms with Crippen LogP contribution in [0.1, 0.15) is 12.5 Å². The molecule has 0 aliphatic heterocycles. The summed E-state index contributed by atoms with van der Waals surface area (Å²) in [5.41, 5.74) is 0.788. The molecule has 11 heavy (non-hydrogen) atoms. The van der Waals surface area contributed by atoms with Gasteiger partial charge >= 0.3 is 0 Å². The van der Waals surface area contributed by atoms with E-state index in [1.807, 2.05) is 13.8 Å². The molecule has 0 amide bonds. The summed E-state index contributed by atoms with van der Waals surface area (Å²) >= 11 is 5.72.